The van der Waals surface area contributed by atoms with Crippen molar-refractivity contribution < 1.29 is 19.0 Å². The number of carbonyl (C=O) groups excluding carboxylic acids is 1. The van der Waals surface area contributed by atoms with Crippen LogP contribution in [0.2, 0.25) is 0 Å². The lowest BCUT2D eigenvalue weighted by atomic mass is 9.90. The summed E-state index contributed by atoms with van der Waals surface area (Å²) in [5, 5.41) is 3.01. The maximum absolute atomic E-state index is 12.6. The number of amides is 1. The van der Waals surface area contributed by atoms with Gasteiger partial charge in [-0.15, -0.1) is 0 Å². The molecule has 1 atom stereocenters. The summed E-state index contributed by atoms with van der Waals surface area (Å²) in [7, 11) is 1.61. The molecule has 6 heteroatoms. The lowest BCUT2D eigenvalue weighted by Crippen LogP contribution is -2.57. The summed E-state index contributed by atoms with van der Waals surface area (Å²) >= 11 is 0. The van der Waals surface area contributed by atoms with Gasteiger partial charge >= 0.3 is 0 Å². The molecule has 1 unspecified atom stereocenters. The van der Waals surface area contributed by atoms with Crippen LogP contribution in [0.4, 0.5) is 0 Å². The van der Waals surface area contributed by atoms with Gasteiger partial charge in [0, 0.05) is 13.2 Å². The Kier molecular flexibility index (Phi) is 6.67. The number of nitrogens with two attached hydrogens (primary N) is 1. The van der Waals surface area contributed by atoms with E-state index in [1.165, 1.54) is 0 Å². The Labute approximate surface area is 150 Å². The minimum Gasteiger partial charge on any atom is -0.493 e. The van der Waals surface area contributed by atoms with Gasteiger partial charge < -0.3 is 25.3 Å². The molecule has 1 heterocycles. The van der Waals surface area contributed by atoms with Crippen LogP contribution in [0, 0.1) is 5.92 Å². The Morgan fingerprint density at radius 1 is 1.28 bits per heavy atom. The average molecular weight is 350 g/mol. The Morgan fingerprint density at radius 3 is 2.56 bits per heavy atom. The first-order chi connectivity index (χ1) is 11.9. The molecule has 1 amide bonds. The third kappa shape index (κ3) is 5.09. The molecule has 0 saturated carbocycles. The van der Waals surface area contributed by atoms with E-state index in [1.807, 2.05) is 25.1 Å². The van der Waals surface area contributed by atoms with Crippen LogP contribution in [0.25, 0.3) is 0 Å². The van der Waals surface area contributed by atoms with E-state index >= 15 is 0 Å². The van der Waals surface area contributed by atoms with Crippen LogP contribution >= 0.6 is 0 Å². The summed E-state index contributed by atoms with van der Waals surface area (Å²) in [6.07, 6.45) is 1.08. The van der Waals surface area contributed by atoms with E-state index < -0.39 is 5.54 Å². The summed E-state index contributed by atoms with van der Waals surface area (Å²) in [5.74, 6) is 1.66. The van der Waals surface area contributed by atoms with Crippen LogP contribution in [0.3, 0.4) is 0 Å². The summed E-state index contributed by atoms with van der Waals surface area (Å²) < 4.78 is 16.5. The van der Waals surface area contributed by atoms with Crippen molar-refractivity contribution in [1.82, 2.24) is 5.32 Å². The highest BCUT2D eigenvalue weighted by Gasteiger charge is 2.36. The van der Waals surface area contributed by atoms with Gasteiger partial charge in [0.1, 0.15) is 0 Å². The summed E-state index contributed by atoms with van der Waals surface area (Å²) in [6.45, 7) is 7.79. The molecule has 1 aliphatic rings. The maximum atomic E-state index is 12.6. The molecule has 1 aromatic carbocycles. The summed E-state index contributed by atoms with van der Waals surface area (Å²) in [4.78, 5) is 12.6. The highest BCUT2D eigenvalue weighted by atomic mass is 16.5. The fraction of sp³-hybridized carbons (Fsp3) is 0.632. The van der Waals surface area contributed by atoms with E-state index in [0.717, 1.165) is 5.56 Å². The number of benzene rings is 1. The maximum Gasteiger partial charge on any atom is 0.240 e. The fourth-order valence-electron chi connectivity index (χ4n) is 2.72. The van der Waals surface area contributed by atoms with Gasteiger partial charge in [-0.3, -0.25) is 4.79 Å². The van der Waals surface area contributed by atoms with Gasteiger partial charge in [0.2, 0.25) is 5.91 Å². The third-order valence-corrected chi connectivity index (χ3v) is 4.44. The van der Waals surface area contributed by atoms with Crippen LogP contribution in [0.15, 0.2) is 18.2 Å². The molecule has 0 aromatic heterocycles. The molecule has 6 nitrogen and oxygen atoms in total. The number of hydrogen-bond donors (Lipinski definition) is 2. The predicted octanol–water partition coefficient (Wildman–Crippen LogP) is 2.42. The largest absolute Gasteiger partial charge is 0.493 e. The summed E-state index contributed by atoms with van der Waals surface area (Å²) in [6, 6.07) is 5.54. The number of nitrogens with one attached hydrogen (secondary N) is 1. The van der Waals surface area contributed by atoms with E-state index in [4.69, 9.17) is 19.9 Å². The second kappa shape index (κ2) is 8.54. The topological polar surface area (TPSA) is 82.8 Å². The molecular formula is C19H30N2O4. The zero-order chi connectivity index (χ0) is 18.4. The van der Waals surface area contributed by atoms with Gasteiger partial charge in [0.05, 0.1) is 25.3 Å². The molecule has 1 aromatic rings. The zero-order valence-corrected chi connectivity index (χ0v) is 15.6. The van der Waals surface area contributed by atoms with Crippen molar-refractivity contribution in [2.24, 2.45) is 11.7 Å². The number of rotatable bonds is 7. The zero-order valence-electron chi connectivity index (χ0n) is 15.6. The molecule has 0 bridgehead atoms. The smallest absolute Gasteiger partial charge is 0.240 e. The number of methoxy groups -OCH3 is 1. The first-order valence-corrected chi connectivity index (χ1v) is 8.84. The second-order valence-corrected chi connectivity index (χ2v) is 7.08. The van der Waals surface area contributed by atoms with Gasteiger partial charge in [0.15, 0.2) is 11.5 Å². The van der Waals surface area contributed by atoms with Crippen molar-refractivity contribution in [2.75, 3.05) is 26.9 Å². The minimum atomic E-state index is -0.850. The predicted molar refractivity (Wildman–Crippen MR) is 96.9 cm³/mol. The van der Waals surface area contributed by atoms with Gasteiger partial charge in [-0.25, -0.2) is 0 Å². The normalized spacial score (nSPS) is 17.8. The molecule has 0 radical (unpaired) electrons. The molecular weight excluding hydrogens is 320 g/mol. The lowest BCUT2D eigenvalue weighted by molar-refractivity contribution is -0.130. The quantitative estimate of drug-likeness (QED) is 0.789. The van der Waals surface area contributed by atoms with Crippen LogP contribution in [-0.4, -0.2) is 38.4 Å². The van der Waals surface area contributed by atoms with E-state index in [1.54, 1.807) is 7.11 Å². The van der Waals surface area contributed by atoms with Crippen LogP contribution < -0.4 is 20.5 Å². The molecule has 25 heavy (non-hydrogen) atoms. The van der Waals surface area contributed by atoms with Gasteiger partial charge in [-0.05, 0) is 43.4 Å². The lowest BCUT2D eigenvalue weighted by Gasteiger charge is -2.33. The first kappa shape index (κ1) is 19.5. The first-order valence-electron chi connectivity index (χ1n) is 8.84. The Hall–Kier alpha value is -1.79. The van der Waals surface area contributed by atoms with Crippen molar-refractivity contribution in [2.45, 2.75) is 45.2 Å². The molecule has 0 spiro atoms. The van der Waals surface area contributed by atoms with E-state index in [2.05, 4.69) is 19.2 Å². The van der Waals surface area contributed by atoms with Gasteiger partial charge in [-0.2, -0.15) is 0 Å². The summed E-state index contributed by atoms with van der Waals surface area (Å²) in [5.41, 5.74) is 6.33. The van der Waals surface area contributed by atoms with Crippen LogP contribution in [0.5, 0.6) is 11.5 Å². The number of ether oxygens (including phenoxy) is 3. The van der Waals surface area contributed by atoms with Crippen LogP contribution in [0.1, 0.15) is 45.2 Å². The SMILES string of the molecule is COc1cc(C(C)NC(=O)C2(N)CCOCC2)ccc1OCC(C)C. The third-order valence-electron chi connectivity index (χ3n) is 4.44. The minimum absolute atomic E-state index is 0.137. The van der Waals surface area contributed by atoms with Crippen molar-refractivity contribution in [3.63, 3.8) is 0 Å². The molecule has 3 N–H and O–H groups in total. The molecule has 2 rings (SSSR count). The molecule has 1 saturated heterocycles. The van der Waals surface area contributed by atoms with E-state index in [9.17, 15) is 4.79 Å². The van der Waals surface area contributed by atoms with Gasteiger partial charge in [-0.1, -0.05) is 19.9 Å². The second-order valence-electron chi connectivity index (χ2n) is 7.08. The van der Waals surface area contributed by atoms with E-state index in [0.29, 0.717) is 50.1 Å². The Morgan fingerprint density at radius 2 is 1.96 bits per heavy atom. The molecule has 1 fully saturated rings. The van der Waals surface area contributed by atoms with Crippen molar-refractivity contribution in [3.05, 3.63) is 23.8 Å². The highest BCUT2D eigenvalue weighted by molar-refractivity contribution is 5.86. The Balaban J connectivity index is 2.05. The fourth-order valence-corrected chi connectivity index (χ4v) is 2.72. The highest BCUT2D eigenvalue weighted by Crippen LogP contribution is 2.31. The molecule has 0 aliphatic carbocycles. The van der Waals surface area contributed by atoms with Gasteiger partial charge in [0.25, 0.3) is 0 Å². The average Bonchev–Trinajstić information content (AvgIpc) is 2.60. The standard InChI is InChI=1S/C19H30N2O4/c1-13(2)12-25-16-6-5-15(11-17(16)23-4)14(3)21-18(22)19(20)7-9-24-10-8-19/h5-6,11,13-14H,7-10,12,20H2,1-4H3,(H,21,22). The molecule has 1 aliphatic heterocycles. The monoisotopic (exact) mass is 350 g/mol. The molecule has 140 valence electrons. The van der Waals surface area contributed by atoms with Crippen molar-refractivity contribution in [3.8, 4) is 11.5 Å². The van der Waals surface area contributed by atoms with E-state index in [-0.39, 0.29) is 11.9 Å². The van der Waals surface area contributed by atoms with Crippen molar-refractivity contribution in [1.29, 1.82) is 0 Å². The Bertz CT molecular complexity index is 583. The van der Waals surface area contributed by atoms with Crippen molar-refractivity contribution >= 4 is 5.91 Å². The van der Waals surface area contributed by atoms with Crippen LogP contribution in [-0.2, 0) is 9.53 Å². The number of carbonyl (C=O) groups is 1. The number of hydrogen-bond acceptors (Lipinski definition) is 5.